The van der Waals surface area contributed by atoms with Crippen molar-refractivity contribution in [1.29, 1.82) is 0 Å². The Morgan fingerprint density at radius 2 is 1.74 bits per heavy atom. The minimum atomic E-state index is -0.197. The van der Waals surface area contributed by atoms with Crippen LogP contribution < -0.4 is 10.7 Å². The van der Waals surface area contributed by atoms with Crippen LogP contribution in [0, 0.1) is 0 Å². The van der Waals surface area contributed by atoms with Crippen LogP contribution in [0.1, 0.15) is 28.8 Å². The van der Waals surface area contributed by atoms with Gasteiger partial charge >= 0.3 is 0 Å². The van der Waals surface area contributed by atoms with Crippen molar-refractivity contribution in [2.75, 3.05) is 5.32 Å². The molecule has 6 heteroatoms. The van der Waals surface area contributed by atoms with Gasteiger partial charge in [0.2, 0.25) is 5.91 Å². The van der Waals surface area contributed by atoms with E-state index in [2.05, 4.69) is 15.8 Å². The SMILES string of the molecule is O=C1CCC(c2ccc(C(=O)Nc3ccc(Cl)cc3)cc2)=NN1. The molecule has 0 saturated heterocycles. The molecule has 0 saturated carbocycles. The lowest BCUT2D eigenvalue weighted by atomic mass is 10.0. The quantitative estimate of drug-likeness (QED) is 0.908. The maximum atomic E-state index is 12.2. The highest BCUT2D eigenvalue weighted by Gasteiger charge is 2.14. The Kier molecular flexibility index (Phi) is 4.39. The van der Waals surface area contributed by atoms with Gasteiger partial charge in [-0.15, -0.1) is 0 Å². The maximum absolute atomic E-state index is 12.2. The first-order chi connectivity index (χ1) is 11.1. The molecule has 116 valence electrons. The van der Waals surface area contributed by atoms with E-state index in [0.717, 1.165) is 11.3 Å². The zero-order chi connectivity index (χ0) is 16.2. The Morgan fingerprint density at radius 1 is 1.04 bits per heavy atom. The molecule has 2 amide bonds. The molecule has 0 aliphatic carbocycles. The molecule has 0 aromatic heterocycles. The molecule has 0 unspecified atom stereocenters. The van der Waals surface area contributed by atoms with Gasteiger partial charge in [0.1, 0.15) is 0 Å². The molecule has 3 rings (SSSR count). The third kappa shape index (κ3) is 3.76. The Hall–Kier alpha value is -2.66. The summed E-state index contributed by atoms with van der Waals surface area (Å²) in [5, 5.41) is 7.46. The molecule has 1 aliphatic rings. The molecular weight excluding hydrogens is 314 g/mol. The van der Waals surface area contributed by atoms with Gasteiger partial charge in [0.15, 0.2) is 0 Å². The highest BCUT2D eigenvalue weighted by atomic mass is 35.5. The van der Waals surface area contributed by atoms with Crippen LogP contribution in [-0.4, -0.2) is 17.5 Å². The van der Waals surface area contributed by atoms with Crippen LogP contribution in [0.2, 0.25) is 5.02 Å². The molecule has 2 N–H and O–H groups in total. The molecule has 23 heavy (non-hydrogen) atoms. The summed E-state index contributed by atoms with van der Waals surface area (Å²) in [5.74, 6) is -0.273. The smallest absolute Gasteiger partial charge is 0.255 e. The summed E-state index contributed by atoms with van der Waals surface area (Å²) in [6.07, 6.45) is 1.03. The first kappa shape index (κ1) is 15.2. The van der Waals surface area contributed by atoms with Gasteiger partial charge in [-0.1, -0.05) is 23.7 Å². The van der Waals surface area contributed by atoms with Gasteiger partial charge in [0, 0.05) is 29.1 Å². The highest BCUT2D eigenvalue weighted by Crippen LogP contribution is 2.16. The zero-order valence-electron chi connectivity index (χ0n) is 12.2. The van der Waals surface area contributed by atoms with Crippen LogP contribution in [0.25, 0.3) is 0 Å². The Morgan fingerprint density at radius 3 is 2.35 bits per heavy atom. The number of nitrogens with one attached hydrogen (secondary N) is 2. The molecule has 0 spiro atoms. The Bertz CT molecular complexity index is 767. The summed E-state index contributed by atoms with van der Waals surface area (Å²) in [6, 6.07) is 14.0. The third-order valence-corrected chi connectivity index (χ3v) is 3.74. The number of benzene rings is 2. The molecule has 2 aromatic rings. The second-order valence-electron chi connectivity index (χ2n) is 5.13. The average molecular weight is 328 g/mol. The van der Waals surface area contributed by atoms with E-state index in [1.165, 1.54) is 0 Å². The molecular formula is C17H14ClN3O2. The van der Waals surface area contributed by atoms with Crippen LogP contribution in [0.4, 0.5) is 5.69 Å². The average Bonchev–Trinajstić information content (AvgIpc) is 2.58. The zero-order valence-corrected chi connectivity index (χ0v) is 12.9. The molecule has 2 aromatic carbocycles. The van der Waals surface area contributed by atoms with Crippen LogP contribution in [-0.2, 0) is 4.79 Å². The van der Waals surface area contributed by atoms with E-state index in [9.17, 15) is 9.59 Å². The summed E-state index contributed by atoms with van der Waals surface area (Å²) < 4.78 is 0. The van der Waals surface area contributed by atoms with Crippen molar-refractivity contribution in [3.05, 3.63) is 64.7 Å². The van der Waals surface area contributed by atoms with Gasteiger partial charge in [-0.2, -0.15) is 5.10 Å². The van der Waals surface area contributed by atoms with Crippen molar-refractivity contribution in [3.63, 3.8) is 0 Å². The summed E-state index contributed by atoms with van der Waals surface area (Å²) in [7, 11) is 0. The van der Waals surface area contributed by atoms with E-state index >= 15 is 0 Å². The van der Waals surface area contributed by atoms with Crippen molar-refractivity contribution < 1.29 is 9.59 Å². The van der Waals surface area contributed by atoms with E-state index in [4.69, 9.17) is 11.6 Å². The second-order valence-corrected chi connectivity index (χ2v) is 5.57. The van der Waals surface area contributed by atoms with E-state index < -0.39 is 0 Å². The summed E-state index contributed by atoms with van der Waals surface area (Å²) in [6.45, 7) is 0. The molecule has 1 aliphatic heterocycles. The monoisotopic (exact) mass is 327 g/mol. The summed E-state index contributed by atoms with van der Waals surface area (Å²) >= 11 is 5.82. The molecule has 0 atom stereocenters. The molecule has 5 nitrogen and oxygen atoms in total. The fraction of sp³-hybridized carbons (Fsp3) is 0.118. The number of carbonyl (C=O) groups excluding carboxylic acids is 2. The van der Waals surface area contributed by atoms with E-state index in [0.29, 0.717) is 29.1 Å². The standard InChI is InChI=1S/C17H14ClN3O2/c18-13-5-7-14(8-6-13)19-17(23)12-3-1-11(2-4-12)15-9-10-16(22)21-20-15/h1-8H,9-10H2,(H,19,23)(H,21,22). The van der Waals surface area contributed by atoms with Crippen LogP contribution in [0.5, 0.6) is 0 Å². The Balaban J connectivity index is 1.70. The lowest BCUT2D eigenvalue weighted by Gasteiger charge is -2.12. The van der Waals surface area contributed by atoms with Crippen LogP contribution in [0.15, 0.2) is 53.6 Å². The van der Waals surface area contributed by atoms with E-state index in [-0.39, 0.29) is 11.8 Å². The first-order valence-electron chi connectivity index (χ1n) is 7.14. The number of carbonyl (C=O) groups is 2. The van der Waals surface area contributed by atoms with Crippen LogP contribution >= 0.6 is 11.6 Å². The number of hydrogen-bond acceptors (Lipinski definition) is 3. The molecule has 1 heterocycles. The molecule has 0 bridgehead atoms. The van der Waals surface area contributed by atoms with Crippen molar-refractivity contribution in [3.8, 4) is 0 Å². The minimum Gasteiger partial charge on any atom is -0.322 e. The minimum absolute atomic E-state index is 0.0762. The molecule has 0 fully saturated rings. The van der Waals surface area contributed by atoms with Gasteiger partial charge < -0.3 is 5.32 Å². The van der Waals surface area contributed by atoms with Crippen molar-refractivity contribution in [2.45, 2.75) is 12.8 Å². The lowest BCUT2D eigenvalue weighted by Crippen LogP contribution is -2.25. The highest BCUT2D eigenvalue weighted by molar-refractivity contribution is 6.30. The summed E-state index contributed by atoms with van der Waals surface area (Å²) in [4.78, 5) is 23.3. The van der Waals surface area contributed by atoms with Gasteiger partial charge in [0.25, 0.3) is 5.91 Å². The van der Waals surface area contributed by atoms with Gasteiger partial charge in [-0.3, -0.25) is 9.59 Å². The Labute approximate surface area is 138 Å². The maximum Gasteiger partial charge on any atom is 0.255 e. The normalized spacial score (nSPS) is 14.0. The van der Waals surface area contributed by atoms with Crippen molar-refractivity contribution in [1.82, 2.24) is 5.43 Å². The van der Waals surface area contributed by atoms with Gasteiger partial charge in [0.05, 0.1) is 5.71 Å². The van der Waals surface area contributed by atoms with Gasteiger partial charge in [-0.25, -0.2) is 5.43 Å². The number of anilines is 1. The largest absolute Gasteiger partial charge is 0.322 e. The fourth-order valence-electron chi connectivity index (χ4n) is 2.23. The third-order valence-electron chi connectivity index (χ3n) is 3.49. The fourth-order valence-corrected chi connectivity index (χ4v) is 2.36. The number of hydrogen-bond donors (Lipinski definition) is 2. The molecule has 0 radical (unpaired) electrons. The lowest BCUT2D eigenvalue weighted by molar-refractivity contribution is -0.121. The van der Waals surface area contributed by atoms with Crippen molar-refractivity contribution >= 4 is 34.8 Å². The van der Waals surface area contributed by atoms with Gasteiger partial charge in [-0.05, 0) is 42.0 Å². The predicted molar refractivity (Wildman–Crippen MR) is 89.8 cm³/mol. The van der Waals surface area contributed by atoms with E-state index in [1.54, 1.807) is 36.4 Å². The number of rotatable bonds is 3. The number of halogens is 1. The number of amides is 2. The second kappa shape index (κ2) is 6.62. The van der Waals surface area contributed by atoms with E-state index in [1.807, 2.05) is 12.1 Å². The number of hydrazone groups is 1. The predicted octanol–water partition coefficient (Wildman–Crippen LogP) is 3.21. The van der Waals surface area contributed by atoms with Crippen molar-refractivity contribution in [2.24, 2.45) is 5.10 Å². The first-order valence-corrected chi connectivity index (χ1v) is 7.52. The summed E-state index contributed by atoms with van der Waals surface area (Å²) in [5.41, 5.74) is 5.40. The number of nitrogens with zero attached hydrogens (tertiary/aromatic N) is 1. The topological polar surface area (TPSA) is 70.6 Å². The van der Waals surface area contributed by atoms with Crippen LogP contribution in [0.3, 0.4) is 0 Å².